The standard InChI is InChI=1S/C13H16N2O3/c1-4-11(16)10-7-14(12(17)5-2)9-15(8-10)13(18)6-3/h4-6,10H,1-3,7-9H2. The Hall–Kier alpha value is -2.17. The Morgan fingerprint density at radius 3 is 1.67 bits per heavy atom. The molecule has 1 aliphatic rings. The SMILES string of the molecule is C=CC(=O)C1CN(C(=O)C=C)CN(C(=O)C=C)C1. The monoisotopic (exact) mass is 248 g/mol. The van der Waals surface area contributed by atoms with E-state index < -0.39 is 5.92 Å². The normalized spacial score (nSPS) is 16.0. The topological polar surface area (TPSA) is 57.7 Å². The summed E-state index contributed by atoms with van der Waals surface area (Å²) in [6, 6.07) is 0. The molecule has 1 saturated heterocycles. The zero-order chi connectivity index (χ0) is 13.7. The van der Waals surface area contributed by atoms with E-state index in [1.165, 1.54) is 15.9 Å². The molecule has 18 heavy (non-hydrogen) atoms. The molecule has 0 N–H and O–H groups in total. The zero-order valence-electron chi connectivity index (χ0n) is 10.2. The van der Waals surface area contributed by atoms with Crippen LogP contribution in [0.5, 0.6) is 0 Å². The summed E-state index contributed by atoms with van der Waals surface area (Å²) >= 11 is 0. The Bertz CT molecular complexity index is 347. The number of carbonyl (C=O) groups excluding carboxylic acids is 3. The van der Waals surface area contributed by atoms with E-state index in [9.17, 15) is 14.4 Å². The van der Waals surface area contributed by atoms with Gasteiger partial charge in [-0.2, -0.15) is 0 Å². The first kappa shape index (κ1) is 13.9. The van der Waals surface area contributed by atoms with Gasteiger partial charge in [0.05, 0.1) is 12.6 Å². The first-order valence-electron chi connectivity index (χ1n) is 5.52. The maximum absolute atomic E-state index is 11.6. The van der Waals surface area contributed by atoms with Crippen LogP contribution in [0, 0.1) is 5.92 Å². The summed E-state index contributed by atoms with van der Waals surface area (Å²) in [4.78, 5) is 37.6. The van der Waals surface area contributed by atoms with Gasteiger partial charge in [0.2, 0.25) is 11.8 Å². The van der Waals surface area contributed by atoms with Crippen molar-refractivity contribution in [2.24, 2.45) is 5.92 Å². The molecule has 0 atom stereocenters. The van der Waals surface area contributed by atoms with Crippen LogP contribution in [0.25, 0.3) is 0 Å². The molecule has 5 heteroatoms. The van der Waals surface area contributed by atoms with Crippen molar-refractivity contribution >= 4 is 17.6 Å². The number of carbonyl (C=O) groups is 3. The number of nitrogens with zero attached hydrogens (tertiary/aromatic N) is 2. The Balaban J connectivity index is 2.91. The van der Waals surface area contributed by atoms with Crippen molar-refractivity contribution in [2.75, 3.05) is 19.8 Å². The number of amides is 2. The van der Waals surface area contributed by atoms with Crippen molar-refractivity contribution in [3.05, 3.63) is 38.0 Å². The van der Waals surface area contributed by atoms with E-state index in [0.717, 1.165) is 12.2 Å². The molecule has 1 aliphatic heterocycles. The highest BCUT2D eigenvalue weighted by Crippen LogP contribution is 2.14. The minimum Gasteiger partial charge on any atom is -0.321 e. The van der Waals surface area contributed by atoms with E-state index >= 15 is 0 Å². The van der Waals surface area contributed by atoms with Gasteiger partial charge in [-0.25, -0.2) is 0 Å². The van der Waals surface area contributed by atoms with Crippen LogP contribution in [0.1, 0.15) is 0 Å². The fraction of sp³-hybridized carbons (Fsp3) is 0.308. The van der Waals surface area contributed by atoms with Crippen LogP contribution in [-0.4, -0.2) is 47.2 Å². The summed E-state index contributed by atoms with van der Waals surface area (Å²) in [5, 5.41) is 0. The molecular formula is C13H16N2O3. The van der Waals surface area contributed by atoms with Gasteiger partial charge in [0.25, 0.3) is 0 Å². The van der Waals surface area contributed by atoms with Crippen LogP contribution < -0.4 is 0 Å². The van der Waals surface area contributed by atoms with Crippen LogP contribution in [0.4, 0.5) is 0 Å². The van der Waals surface area contributed by atoms with Crippen molar-refractivity contribution in [1.82, 2.24) is 9.80 Å². The average molecular weight is 248 g/mol. The summed E-state index contributed by atoms with van der Waals surface area (Å²) in [6.45, 7) is 10.9. The molecule has 5 nitrogen and oxygen atoms in total. The largest absolute Gasteiger partial charge is 0.321 e. The molecule has 0 aromatic rings. The molecule has 0 bridgehead atoms. The maximum atomic E-state index is 11.6. The summed E-state index contributed by atoms with van der Waals surface area (Å²) < 4.78 is 0. The van der Waals surface area contributed by atoms with E-state index in [-0.39, 0.29) is 37.4 Å². The highest BCUT2D eigenvalue weighted by atomic mass is 16.2. The van der Waals surface area contributed by atoms with Gasteiger partial charge < -0.3 is 9.80 Å². The second-order valence-corrected chi connectivity index (χ2v) is 3.97. The minimum atomic E-state index is -0.441. The second kappa shape index (κ2) is 5.95. The number of allylic oxidation sites excluding steroid dienone is 1. The van der Waals surface area contributed by atoms with Crippen molar-refractivity contribution in [3.63, 3.8) is 0 Å². The van der Waals surface area contributed by atoms with Gasteiger partial charge in [-0.15, -0.1) is 0 Å². The fourth-order valence-corrected chi connectivity index (χ4v) is 1.84. The molecule has 0 radical (unpaired) electrons. The van der Waals surface area contributed by atoms with Gasteiger partial charge in [-0.1, -0.05) is 19.7 Å². The molecule has 1 rings (SSSR count). The lowest BCUT2D eigenvalue weighted by molar-refractivity contribution is -0.141. The molecule has 0 saturated carbocycles. The average Bonchev–Trinajstić information content (AvgIpc) is 2.43. The van der Waals surface area contributed by atoms with Crippen LogP contribution in [0.2, 0.25) is 0 Å². The Morgan fingerprint density at radius 2 is 1.33 bits per heavy atom. The molecule has 0 aromatic carbocycles. The van der Waals surface area contributed by atoms with Crippen LogP contribution >= 0.6 is 0 Å². The molecule has 0 aromatic heterocycles. The molecule has 0 unspecified atom stereocenters. The summed E-state index contributed by atoms with van der Waals surface area (Å²) in [6.07, 6.45) is 3.54. The molecule has 0 spiro atoms. The van der Waals surface area contributed by atoms with Gasteiger partial charge in [-0.3, -0.25) is 14.4 Å². The highest BCUT2D eigenvalue weighted by Gasteiger charge is 2.31. The Kier molecular flexibility index (Phi) is 4.59. The first-order chi connectivity index (χ1) is 8.53. The number of ketones is 1. The van der Waals surface area contributed by atoms with Crippen molar-refractivity contribution < 1.29 is 14.4 Å². The third kappa shape index (κ3) is 2.94. The van der Waals surface area contributed by atoms with E-state index in [4.69, 9.17) is 0 Å². The van der Waals surface area contributed by atoms with E-state index in [2.05, 4.69) is 19.7 Å². The third-order valence-electron chi connectivity index (χ3n) is 2.80. The molecule has 0 aliphatic carbocycles. The van der Waals surface area contributed by atoms with Crippen molar-refractivity contribution in [1.29, 1.82) is 0 Å². The summed E-state index contributed by atoms with van der Waals surface area (Å²) in [7, 11) is 0. The predicted octanol–water partition coefficient (Wildman–Crippen LogP) is 0.358. The van der Waals surface area contributed by atoms with Crippen LogP contribution in [-0.2, 0) is 14.4 Å². The first-order valence-corrected chi connectivity index (χ1v) is 5.52. The van der Waals surface area contributed by atoms with E-state index in [1.54, 1.807) is 0 Å². The number of rotatable bonds is 4. The predicted molar refractivity (Wildman–Crippen MR) is 67.4 cm³/mol. The van der Waals surface area contributed by atoms with Gasteiger partial charge >= 0.3 is 0 Å². The van der Waals surface area contributed by atoms with Gasteiger partial charge in [0, 0.05) is 13.1 Å². The molecule has 96 valence electrons. The smallest absolute Gasteiger partial charge is 0.247 e. The quantitative estimate of drug-likeness (QED) is 0.675. The van der Waals surface area contributed by atoms with Gasteiger partial charge in [0.1, 0.15) is 0 Å². The lowest BCUT2D eigenvalue weighted by atomic mass is 10.0. The van der Waals surface area contributed by atoms with Crippen LogP contribution in [0.3, 0.4) is 0 Å². The summed E-state index contributed by atoms with van der Waals surface area (Å²) in [5.74, 6) is -1.24. The molecular weight excluding hydrogens is 232 g/mol. The zero-order valence-corrected chi connectivity index (χ0v) is 10.2. The minimum absolute atomic E-state index is 0.149. The second-order valence-electron chi connectivity index (χ2n) is 3.97. The van der Waals surface area contributed by atoms with E-state index in [1.807, 2.05) is 0 Å². The Morgan fingerprint density at radius 1 is 0.889 bits per heavy atom. The third-order valence-corrected chi connectivity index (χ3v) is 2.80. The lowest BCUT2D eigenvalue weighted by Gasteiger charge is -2.38. The molecule has 2 amide bonds. The molecule has 1 fully saturated rings. The highest BCUT2D eigenvalue weighted by molar-refractivity contribution is 5.94. The Labute approximate surface area is 106 Å². The van der Waals surface area contributed by atoms with Gasteiger partial charge in [0.15, 0.2) is 5.78 Å². The van der Waals surface area contributed by atoms with Crippen molar-refractivity contribution in [2.45, 2.75) is 0 Å². The fourth-order valence-electron chi connectivity index (χ4n) is 1.84. The number of hydrogen-bond acceptors (Lipinski definition) is 3. The summed E-state index contributed by atoms with van der Waals surface area (Å²) in [5.41, 5.74) is 0. The maximum Gasteiger partial charge on any atom is 0.247 e. The van der Waals surface area contributed by atoms with Crippen molar-refractivity contribution in [3.8, 4) is 0 Å². The van der Waals surface area contributed by atoms with E-state index in [0.29, 0.717) is 0 Å². The molecule has 1 heterocycles. The van der Waals surface area contributed by atoms with Gasteiger partial charge in [-0.05, 0) is 18.2 Å². The lowest BCUT2D eigenvalue weighted by Crippen LogP contribution is -2.54. The van der Waals surface area contributed by atoms with Crippen LogP contribution in [0.15, 0.2) is 38.0 Å². The number of hydrogen-bond donors (Lipinski definition) is 0.